The van der Waals surface area contributed by atoms with E-state index >= 15 is 0 Å². The van der Waals surface area contributed by atoms with Crippen molar-refractivity contribution < 1.29 is 14.3 Å². The molecule has 0 radical (unpaired) electrons. The van der Waals surface area contributed by atoms with Crippen molar-refractivity contribution in [3.05, 3.63) is 47.5 Å². The third kappa shape index (κ3) is 7.52. The Hall–Kier alpha value is -1.98. The molecule has 2 aliphatic heterocycles. The zero-order chi connectivity index (χ0) is 26.9. The van der Waals surface area contributed by atoms with E-state index in [9.17, 15) is 9.59 Å². The number of amides is 2. The fourth-order valence-corrected chi connectivity index (χ4v) is 6.16. The third-order valence-corrected chi connectivity index (χ3v) is 7.27. The van der Waals surface area contributed by atoms with Crippen molar-refractivity contribution in [2.75, 3.05) is 26.2 Å². The molecule has 0 spiro atoms. The molecule has 2 heterocycles. The molecule has 36 heavy (non-hydrogen) atoms. The number of nitrogens with zero attached hydrogens (tertiary/aromatic N) is 2. The SMILES string of the molecule is C=C(CC1CC(=O)N(CCN2CCOC2c2ccc(C(C)(C)C)cc2)C1=O)CC(C)(C)CC(C)(C)C. The van der Waals surface area contributed by atoms with Crippen LogP contribution in [0.3, 0.4) is 0 Å². The van der Waals surface area contributed by atoms with Crippen molar-refractivity contribution >= 4 is 11.8 Å². The van der Waals surface area contributed by atoms with Gasteiger partial charge < -0.3 is 4.74 Å². The minimum Gasteiger partial charge on any atom is -0.358 e. The fraction of sp³-hybridized carbons (Fsp3) is 0.677. The molecule has 5 heteroatoms. The van der Waals surface area contributed by atoms with Gasteiger partial charge in [-0.05, 0) is 46.6 Å². The van der Waals surface area contributed by atoms with Gasteiger partial charge in [0.25, 0.3) is 0 Å². The number of ether oxygens (including phenoxy) is 1. The summed E-state index contributed by atoms with van der Waals surface area (Å²) in [6.07, 6.45) is 2.73. The Kier molecular flexibility index (Phi) is 8.57. The maximum absolute atomic E-state index is 13.1. The van der Waals surface area contributed by atoms with Gasteiger partial charge in [0.2, 0.25) is 11.8 Å². The molecule has 1 aromatic carbocycles. The van der Waals surface area contributed by atoms with Crippen molar-refractivity contribution in [2.24, 2.45) is 16.7 Å². The Morgan fingerprint density at radius 2 is 1.64 bits per heavy atom. The second-order valence-electron chi connectivity index (χ2n) is 13.9. The van der Waals surface area contributed by atoms with Gasteiger partial charge in [0.1, 0.15) is 6.23 Å². The number of benzene rings is 1. The van der Waals surface area contributed by atoms with E-state index in [1.807, 2.05) is 0 Å². The monoisotopic (exact) mass is 496 g/mol. The quantitative estimate of drug-likeness (QED) is 0.290. The molecular weight excluding hydrogens is 448 g/mol. The number of carbonyl (C=O) groups is 2. The van der Waals surface area contributed by atoms with E-state index in [1.54, 1.807) is 0 Å². The molecule has 0 bridgehead atoms. The van der Waals surface area contributed by atoms with E-state index in [1.165, 1.54) is 10.5 Å². The van der Waals surface area contributed by atoms with Crippen molar-refractivity contribution in [3.8, 4) is 0 Å². The van der Waals surface area contributed by atoms with E-state index < -0.39 is 0 Å². The van der Waals surface area contributed by atoms with Gasteiger partial charge in [-0.3, -0.25) is 19.4 Å². The van der Waals surface area contributed by atoms with Gasteiger partial charge in [-0.2, -0.15) is 0 Å². The van der Waals surface area contributed by atoms with Crippen molar-refractivity contribution in [1.29, 1.82) is 0 Å². The van der Waals surface area contributed by atoms with Crippen LogP contribution in [-0.4, -0.2) is 47.9 Å². The van der Waals surface area contributed by atoms with Gasteiger partial charge in [0.05, 0.1) is 12.5 Å². The summed E-state index contributed by atoms with van der Waals surface area (Å²) in [6.45, 7) is 24.7. The molecule has 2 atom stereocenters. The summed E-state index contributed by atoms with van der Waals surface area (Å²) in [5.41, 5.74) is 3.95. The number of carbonyl (C=O) groups excluding carboxylic acids is 2. The van der Waals surface area contributed by atoms with Crippen LogP contribution >= 0.6 is 0 Å². The third-order valence-electron chi connectivity index (χ3n) is 7.27. The topological polar surface area (TPSA) is 49.9 Å². The van der Waals surface area contributed by atoms with Crippen molar-refractivity contribution in [3.63, 3.8) is 0 Å². The molecule has 2 aliphatic rings. The molecule has 3 rings (SSSR count). The normalized spacial score (nSPS) is 22.1. The molecule has 5 nitrogen and oxygen atoms in total. The highest BCUT2D eigenvalue weighted by Crippen LogP contribution is 2.39. The molecule has 2 amide bonds. The first-order chi connectivity index (χ1) is 16.6. The Labute approximate surface area is 219 Å². The van der Waals surface area contributed by atoms with Crippen LogP contribution in [-0.2, 0) is 19.7 Å². The van der Waals surface area contributed by atoms with Gasteiger partial charge in [0.15, 0.2) is 0 Å². The highest BCUT2D eigenvalue weighted by molar-refractivity contribution is 6.03. The predicted molar refractivity (Wildman–Crippen MR) is 146 cm³/mol. The first-order valence-corrected chi connectivity index (χ1v) is 13.5. The van der Waals surface area contributed by atoms with Crippen molar-refractivity contribution in [2.45, 2.75) is 92.7 Å². The maximum Gasteiger partial charge on any atom is 0.233 e. The second-order valence-corrected chi connectivity index (χ2v) is 13.9. The second kappa shape index (κ2) is 10.8. The number of hydrogen-bond acceptors (Lipinski definition) is 4. The Balaban J connectivity index is 1.55. The summed E-state index contributed by atoms with van der Waals surface area (Å²) in [6, 6.07) is 8.61. The smallest absolute Gasteiger partial charge is 0.233 e. The first-order valence-electron chi connectivity index (χ1n) is 13.5. The molecule has 2 saturated heterocycles. The molecule has 0 N–H and O–H groups in total. The number of hydrogen-bond donors (Lipinski definition) is 0. The van der Waals surface area contributed by atoms with E-state index in [0.717, 1.165) is 30.5 Å². The van der Waals surface area contributed by atoms with Gasteiger partial charge in [-0.15, -0.1) is 0 Å². The summed E-state index contributed by atoms with van der Waals surface area (Å²) < 4.78 is 6.03. The lowest BCUT2D eigenvalue weighted by Gasteiger charge is -2.33. The summed E-state index contributed by atoms with van der Waals surface area (Å²) >= 11 is 0. The average molecular weight is 497 g/mol. The minimum absolute atomic E-state index is 0.0408. The van der Waals surface area contributed by atoms with Gasteiger partial charge in [-0.1, -0.05) is 91.8 Å². The van der Waals surface area contributed by atoms with Crippen LogP contribution in [0, 0.1) is 16.7 Å². The Morgan fingerprint density at radius 1 is 1.00 bits per heavy atom. The highest BCUT2D eigenvalue weighted by Gasteiger charge is 2.39. The lowest BCUT2D eigenvalue weighted by molar-refractivity contribution is -0.139. The van der Waals surface area contributed by atoms with E-state index in [0.29, 0.717) is 32.5 Å². The standard InChI is InChI=1S/C31H48N2O3/c1-22(20-31(8,9)21-29(2,3)4)18-24-19-26(34)33(27(24)35)15-14-32-16-17-36-28(32)23-10-12-25(13-11-23)30(5,6)7/h10-13,24,28H,1,14-21H2,2-9H3. The summed E-state index contributed by atoms with van der Waals surface area (Å²) in [7, 11) is 0. The molecule has 0 saturated carbocycles. The van der Waals surface area contributed by atoms with E-state index in [2.05, 4.69) is 91.1 Å². The van der Waals surface area contributed by atoms with Gasteiger partial charge in [0, 0.05) is 26.1 Å². The van der Waals surface area contributed by atoms with Crippen LogP contribution in [0.4, 0.5) is 0 Å². The molecular formula is C31H48N2O3. The van der Waals surface area contributed by atoms with Crippen LogP contribution in [0.1, 0.15) is 98.4 Å². The zero-order valence-corrected chi connectivity index (χ0v) is 23.9. The summed E-state index contributed by atoms with van der Waals surface area (Å²) in [5.74, 6) is -0.370. The molecule has 1 aromatic rings. The minimum atomic E-state index is -0.272. The lowest BCUT2D eigenvalue weighted by atomic mass is 9.72. The maximum atomic E-state index is 13.1. The van der Waals surface area contributed by atoms with E-state index in [4.69, 9.17) is 4.74 Å². The fourth-order valence-electron chi connectivity index (χ4n) is 6.16. The number of rotatable bonds is 9. The number of allylic oxidation sites excluding steroid dienone is 1. The van der Waals surface area contributed by atoms with Crippen LogP contribution < -0.4 is 0 Å². The van der Waals surface area contributed by atoms with E-state index in [-0.39, 0.29) is 40.2 Å². The predicted octanol–water partition coefficient (Wildman–Crippen LogP) is 6.49. The molecule has 2 unspecified atom stereocenters. The first kappa shape index (κ1) is 28.6. The van der Waals surface area contributed by atoms with Crippen LogP contribution in [0.25, 0.3) is 0 Å². The molecule has 0 aliphatic carbocycles. The van der Waals surface area contributed by atoms with Crippen LogP contribution in [0.2, 0.25) is 0 Å². The van der Waals surface area contributed by atoms with Crippen molar-refractivity contribution in [1.82, 2.24) is 9.80 Å². The van der Waals surface area contributed by atoms with Crippen LogP contribution in [0.15, 0.2) is 36.4 Å². The zero-order valence-electron chi connectivity index (χ0n) is 23.9. The largest absolute Gasteiger partial charge is 0.358 e. The summed E-state index contributed by atoms with van der Waals surface area (Å²) in [4.78, 5) is 29.6. The summed E-state index contributed by atoms with van der Waals surface area (Å²) in [5, 5.41) is 0. The molecule has 200 valence electrons. The van der Waals surface area contributed by atoms with Gasteiger partial charge >= 0.3 is 0 Å². The highest BCUT2D eigenvalue weighted by atomic mass is 16.5. The average Bonchev–Trinajstić information content (AvgIpc) is 3.28. The molecule has 0 aromatic heterocycles. The van der Waals surface area contributed by atoms with Crippen LogP contribution in [0.5, 0.6) is 0 Å². The Bertz CT molecular complexity index is 950. The Morgan fingerprint density at radius 3 is 2.22 bits per heavy atom. The molecule has 2 fully saturated rings. The lowest BCUT2D eigenvalue weighted by Crippen LogP contribution is -2.38. The van der Waals surface area contributed by atoms with Gasteiger partial charge in [-0.25, -0.2) is 0 Å². The number of likely N-dealkylation sites (tertiary alicyclic amines) is 1. The number of imide groups is 1.